The Hall–Kier alpha value is -3.88. The van der Waals surface area contributed by atoms with Crippen molar-refractivity contribution in [2.75, 3.05) is 12.1 Å². The lowest BCUT2D eigenvalue weighted by Crippen LogP contribution is -2.32. The minimum absolute atomic E-state index is 0.00798. The van der Waals surface area contributed by atoms with Crippen molar-refractivity contribution in [3.63, 3.8) is 0 Å². The Kier molecular flexibility index (Phi) is 5.57. The fourth-order valence-corrected chi connectivity index (χ4v) is 3.24. The molecule has 0 radical (unpaired) electrons. The van der Waals surface area contributed by atoms with Crippen LogP contribution in [0.1, 0.15) is 30.8 Å². The predicted molar refractivity (Wildman–Crippen MR) is 112 cm³/mol. The first-order valence-electron chi connectivity index (χ1n) is 9.89. The summed E-state index contributed by atoms with van der Waals surface area (Å²) >= 11 is 0. The SMILES string of the molecule is CCCn1nc(C(=O)O[C@@H](C)C(=O)Nc2ccc3c(c2)OCO3)c2ccccc2c1=O. The number of aromatic nitrogens is 2. The highest BCUT2D eigenvalue weighted by Gasteiger charge is 2.24. The minimum Gasteiger partial charge on any atom is -0.454 e. The molecule has 0 fully saturated rings. The van der Waals surface area contributed by atoms with Gasteiger partial charge in [-0.3, -0.25) is 9.59 Å². The highest BCUT2D eigenvalue weighted by atomic mass is 16.7. The number of amides is 1. The molecule has 4 rings (SSSR count). The van der Waals surface area contributed by atoms with E-state index in [2.05, 4.69) is 10.4 Å². The quantitative estimate of drug-likeness (QED) is 0.607. The summed E-state index contributed by atoms with van der Waals surface area (Å²) in [5.74, 6) is -0.179. The van der Waals surface area contributed by atoms with E-state index in [0.717, 1.165) is 0 Å². The first kappa shape index (κ1) is 20.4. The van der Waals surface area contributed by atoms with Gasteiger partial charge in [-0.05, 0) is 31.5 Å². The molecule has 1 atom stereocenters. The average molecular weight is 423 g/mol. The van der Waals surface area contributed by atoms with E-state index >= 15 is 0 Å². The molecule has 160 valence electrons. The second kappa shape index (κ2) is 8.47. The Labute approximate surface area is 177 Å². The number of carbonyl (C=O) groups excluding carboxylic acids is 2. The summed E-state index contributed by atoms with van der Waals surface area (Å²) in [7, 11) is 0. The van der Waals surface area contributed by atoms with Gasteiger partial charge in [0.1, 0.15) is 0 Å². The zero-order valence-corrected chi connectivity index (χ0v) is 17.1. The van der Waals surface area contributed by atoms with Gasteiger partial charge in [-0.15, -0.1) is 0 Å². The van der Waals surface area contributed by atoms with Crippen LogP contribution in [0.15, 0.2) is 47.3 Å². The molecule has 1 aromatic heterocycles. The summed E-state index contributed by atoms with van der Waals surface area (Å²) in [6.45, 7) is 3.86. The number of anilines is 1. The standard InChI is InChI=1S/C22H21N3O6/c1-3-10-25-21(27)16-7-5-4-6-15(16)19(24-25)22(28)31-13(2)20(26)23-14-8-9-17-18(11-14)30-12-29-17/h4-9,11,13H,3,10,12H2,1-2H3,(H,23,26)/t13-/m0/s1. The second-order valence-electron chi connectivity index (χ2n) is 7.03. The zero-order valence-electron chi connectivity index (χ0n) is 17.1. The number of ether oxygens (including phenoxy) is 3. The Morgan fingerprint density at radius 1 is 1.16 bits per heavy atom. The smallest absolute Gasteiger partial charge is 0.360 e. The van der Waals surface area contributed by atoms with Crippen molar-refractivity contribution in [2.45, 2.75) is 32.9 Å². The number of nitrogens with one attached hydrogen (secondary N) is 1. The Balaban J connectivity index is 1.53. The topological polar surface area (TPSA) is 109 Å². The Bertz CT molecular complexity index is 1220. The molecule has 2 aromatic carbocycles. The van der Waals surface area contributed by atoms with Crippen LogP contribution < -0.4 is 20.3 Å². The van der Waals surface area contributed by atoms with Gasteiger partial charge in [-0.1, -0.05) is 25.1 Å². The minimum atomic E-state index is -1.09. The van der Waals surface area contributed by atoms with Gasteiger partial charge in [0.15, 0.2) is 23.3 Å². The molecule has 1 aliphatic heterocycles. The van der Waals surface area contributed by atoms with E-state index in [0.29, 0.717) is 40.9 Å². The molecule has 9 heteroatoms. The van der Waals surface area contributed by atoms with Crippen LogP contribution in [0.2, 0.25) is 0 Å². The highest BCUT2D eigenvalue weighted by molar-refractivity contribution is 6.03. The molecular weight excluding hydrogens is 402 g/mol. The first-order valence-corrected chi connectivity index (χ1v) is 9.89. The summed E-state index contributed by atoms with van der Waals surface area (Å²) in [6.07, 6.45) is -0.418. The molecule has 0 saturated carbocycles. The molecule has 0 unspecified atom stereocenters. The van der Waals surface area contributed by atoms with Crippen LogP contribution in [0.25, 0.3) is 10.8 Å². The number of hydrogen-bond acceptors (Lipinski definition) is 7. The van der Waals surface area contributed by atoms with E-state index in [1.54, 1.807) is 42.5 Å². The second-order valence-corrected chi connectivity index (χ2v) is 7.03. The summed E-state index contributed by atoms with van der Waals surface area (Å²) in [4.78, 5) is 37.9. The van der Waals surface area contributed by atoms with Crippen molar-refractivity contribution in [3.05, 3.63) is 58.5 Å². The van der Waals surface area contributed by atoms with E-state index in [9.17, 15) is 14.4 Å². The van der Waals surface area contributed by atoms with Crippen molar-refractivity contribution >= 4 is 28.3 Å². The van der Waals surface area contributed by atoms with Crippen LogP contribution in [0.5, 0.6) is 11.5 Å². The van der Waals surface area contributed by atoms with Crippen molar-refractivity contribution in [1.82, 2.24) is 9.78 Å². The van der Waals surface area contributed by atoms with E-state index < -0.39 is 18.0 Å². The first-order chi connectivity index (χ1) is 15.0. The van der Waals surface area contributed by atoms with E-state index in [1.165, 1.54) is 11.6 Å². The van der Waals surface area contributed by atoms with Crippen LogP contribution in [-0.2, 0) is 16.1 Å². The molecule has 0 aliphatic carbocycles. The lowest BCUT2D eigenvalue weighted by molar-refractivity contribution is -0.123. The summed E-state index contributed by atoms with van der Waals surface area (Å²) in [5.41, 5.74) is 0.200. The molecule has 0 bridgehead atoms. The van der Waals surface area contributed by atoms with Crippen LogP contribution in [0, 0.1) is 0 Å². The third-order valence-corrected chi connectivity index (χ3v) is 4.79. The number of nitrogens with zero attached hydrogens (tertiary/aromatic N) is 2. The van der Waals surface area contributed by atoms with Gasteiger partial charge < -0.3 is 19.5 Å². The molecule has 9 nitrogen and oxygen atoms in total. The van der Waals surface area contributed by atoms with Gasteiger partial charge in [-0.2, -0.15) is 5.10 Å². The van der Waals surface area contributed by atoms with Crippen molar-refractivity contribution in [3.8, 4) is 11.5 Å². The van der Waals surface area contributed by atoms with Crippen molar-refractivity contribution in [2.24, 2.45) is 0 Å². The third-order valence-electron chi connectivity index (χ3n) is 4.79. The molecule has 31 heavy (non-hydrogen) atoms. The number of rotatable bonds is 6. The number of fused-ring (bicyclic) bond motifs is 2. The van der Waals surface area contributed by atoms with E-state index in [-0.39, 0.29) is 18.0 Å². The number of hydrogen-bond donors (Lipinski definition) is 1. The largest absolute Gasteiger partial charge is 0.454 e. The van der Waals surface area contributed by atoms with E-state index in [1.807, 2.05) is 6.92 Å². The molecule has 0 saturated heterocycles. The molecular formula is C22H21N3O6. The molecule has 1 aliphatic rings. The lowest BCUT2D eigenvalue weighted by atomic mass is 10.1. The van der Waals surface area contributed by atoms with Crippen LogP contribution in [-0.4, -0.2) is 34.6 Å². The van der Waals surface area contributed by atoms with Gasteiger partial charge in [0.2, 0.25) is 6.79 Å². The third kappa shape index (κ3) is 4.07. The van der Waals surface area contributed by atoms with Gasteiger partial charge in [0.25, 0.3) is 11.5 Å². The van der Waals surface area contributed by atoms with Crippen molar-refractivity contribution in [1.29, 1.82) is 0 Å². The molecule has 2 heterocycles. The fraction of sp³-hybridized carbons (Fsp3) is 0.273. The average Bonchev–Trinajstić information content (AvgIpc) is 3.23. The number of aryl methyl sites for hydroxylation is 1. The molecule has 1 N–H and O–H groups in total. The van der Waals surface area contributed by atoms with Crippen LogP contribution in [0.3, 0.4) is 0 Å². The van der Waals surface area contributed by atoms with Crippen LogP contribution >= 0.6 is 0 Å². The lowest BCUT2D eigenvalue weighted by Gasteiger charge is -2.15. The Morgan fingerprint density at radius 2 is 1.90 bits per heavy atom. The predicted octanol–water partition coefficient (Wildman–Crippen LogP) is 2.72. The molecule has 1 amide bonds. The van der Waals surface area contributed by atoms with Gasteiger partial charge in [-0.25, -0.2) is 9.48 Å². The number of esters is 1. The Morgan fingerprint density at radius 3 is 2.68 bits per heavy atom. The van der Waals surface area contributed by atoms with Gasteiger partial charge >= 0.3 is 5.97 Å². The zero-order chi connectivity index (χ0) is 22.0. The summed E-state index contributed by atoms with van der Waals surface area (Å²) in [6, 6.07) is 11.7. The summed E-state index contributed by atoms with van der Waals surface area (Å²) < 4.78 is 17.1. The number of benzene rings is 2. The van der Waals surface area contributed by atoms with Gasteiger partial charge in [0.05, 0.1) is 5.39 Å². The van der Waals surface area contributed by atoms with Crippen LogP contribution in [0.4, 0.5) is 5.69 Å². The molecule has 0 spiro atoms. The maximum Gasteiger partial charge on any atom is 0.360 e. The van der Waals surface area contributed by atoms with E-state index in [4.69, 9.17) is 14.2 Å². The molecule has 3 aromatic rings. The highest BCUT2D eigenvalue weighted by Crippen LogP contribution is 2.34. The monoisotopic (exact) mass is 423 g/mol. The summed E-state index contributed by atoms with van der Waals surface area (Å²) in [5, 5.41) is 7.63. The van der Waals surface area contributed by atoms with Gasteiger partial charge in [0, 0.05) is 23.7 Å². The fourth-order valence-electron chi connectivity index (χ4n) is 3.24. The maximum absolute atomic E-state index is 12.8. The number of carbonyl (C=O) groups is 2. The van der Waals surface area contributed by atoms with Crippen molar-refractivity contribution < 1.29 is 23.8 Å². The normalized spacial score (nSPS) is 13.1. The maximum atomic E-state index is 12.8.